The first-order valence-electron chi connectivity index (χ1n) is 5.02. The summed E-state index contributed by atoms with van der Waals surface area (Å²) in [5.41, 5.74) is 0.142. The van der Waals surface area contributed by atoms with E-state index in [0.29, 0.717) is 9.48 Å². The number of rotatable bonds is 4. The van der Waals surface area contributed by atoms with Gasteiger partial charge in [-0.05, 0) is 18.2 Å². The fourth-order valence-electron chi connectivity index (χ4n) is 1.42. The Morgan fingerprint density at radius 2 is 2.11 bits per heavy atom. The second kappa shape index (κ2) is 5.41. The van der Waals surface area contributed by atoms with Crippen LogP contribution in [-0.4, -0.2) is 21.7 Å². The molecule has 18 heavy (non-hydrogen) atoms. The Morgan fingerprint density at radius 3 is 2.72 bits per heavy atom. The van der Waals surface area contributed by atoms with E-state index in [4.69, 9.17) is 0 Å². The van der Waals surface area contributed by atoms with Crippen LogP contribution in [0.15, 0.2) is 34.2 Å². The molecule has 0 fully saturated rings. The van der Waals surface area contributed by atoms with E-state index in [9.17, 15) is 14.7 Å². The van der Waals surface area contributed by atoms with Crippen molar-refractivity contribution in [1.82, 2.24) is 4.98 Å². The van der Waals surface area contributed by atoms with Crippen LogP contribution in [0.1, 0.15) is 26.6 Å². The van der Waals surface area contributed by atoms with Crippen molar-refractivity contribution in [3.8, 4) is 5.75 Å². The third-order valence-corrected chi connectivity index (χ3v) is 3.56. The molecule has 0 unspecified atom stereocenters. The van der Waals surface area contributed by atoms with Gasteiger partial charge in [0.15, 0.2) is 16.6 Å². The first-order valence-corrected chi connectivity index (χ1v) is 6.69. The molecule has 1 aromatic carbocycles. The molecular formula is C12H8BrNO3S. The number of aromatic nitrogens is 1. The van der Waals surface area contributed by atoms with E-state index in [1.807, 2.05) is 0 Å². The number of phenolic OH excluding ortho intramolecular Hbond substituents is 1. The Labute approximate surface area is 115 Å². The fourth-order valence-corrected chi connectivity index (χ4v) is 2.34. The molecule has 6 heteroatoms. The van der Waals surface area contributed by atoms with Gasteiger partial charge in [-0.2, -0.15) is 0 Å². The lowest BCUT2D eigenvalue weighted by atomic mass is 10.1. The highest BCUT2D eigenvalue weighted by Gasteiger charge is 2.18. The molecule has 0 bridgehead atoms. The zero-order valence-electron chi connectivity index (χ0n) is 9.09. The second-order valence-corrected chi connectivity index (χ2v) is 5.33. The molecule has 0 aliphatic carbocycles. The van der Waals surface area contributed by atoms with E-state index >= 15 is 0 Å². The fraction of sp³-hybridized carbons (Fsp3) is 0.0833. The molecule has 0 radical (unpaired) electrons. The molecule has 1 aromatic heterocycles. The number of halogens is 1. The number of hydrogen-bond donors (Lipinski definition) is 1. The summed E-state index contributed by atoms with van der Waals surface area (Å²) in [6.07, 6.45) is 1.22. The van der Waals surface area contributed by atoms with E-state index in [2.05, 4.69) is 20.9 Å². The summed E-state index contributed by atoms with van der Waals surface area (Å²) < 4.78 is 0.669. The Balaban J connectivity index is 2.15. The standard InChI is InChI=1S/C12H8BrNO3S/c13-7-1-2-8(9(15)5-7)10(16)6-11(17)12-14-3-4-18-12/h1-5,15H,6H2. The second-order valence-electron chi connectivity index (χ2n) is 3.52. The lowest BCUT2D eigenvalue weighted by molar-refractivity contribution is 0.0893. The van der Waals surface area contributed by atoms with Crippen molar-refractivity contribution in [2.24, 2.45) is 0 Å². The van der Waals surface area contributed by atoms with E-state index in [-0.39, 0.29) is 23.5 Å². The van der Waals surface area contributed by atoms with Gasteiger partial charge in [0.1, 0.15) is 5.75 Å². The molecule has 1 N–H and O–H groups in total. The SMILES string of the molecule is O=C(CC(=O)c1ccc(Br)cc1O)c1nccs1. The van der Waals surface area contributed by atoms with Crippen LogP contribution in [0, 0.1) is 0 Å². The summed E-state index contributed by atoms with van der Waals surface area (Å²) in [7, 11) is 0. The highest BCUT2D eigenvalue weighted by Crippen LogP contribution is 2.24. The monoisotopic (exact) mass is 325 g/mol. The van der Waals surface area contributed by atoms with E-state index < -0.39 is 5.78 Å². The first kappa shape index (κ1) is 12.9. The Morgan fingerprint density at radius 1 is 1.33 bits per heavy atom. The van der Waals surface area contributed by atoms with Crippen LogP contribution < -0.4 is 0 Å². The predicted octanol–water partition coefficient (Wildman–Crippen LogP) is 3.07. The Bertz CT molecular complexity index is 595. The van der Waals surface area contributed by atoms with Gasteiger partial charge in [-0.25, -0.2) is 4.98 Å². The van der Waals surface area contributed by atoms with Gasteiger partial charge in [0.25, 0.3) is 0 Å². The van der Waals surface area contributed by atoms with Gasteiger partial charge in [0.2, 0.25) is 0 Å². The van der Waals surface area contributed by atoms with Crippen LogP contribution in [0.4, 0.5) is 0 Å². The Kier molecular flexibility index (Phi) is 3.88. The molecule has 0 amide bonds. The van der Waals surface area contributed by atoms with E-state index in [0.717, 1.165) is 0 Å². The zero-order chi connectivity index (χ0) is 13.1. The number of thiazole rings is 1. The average molecular weight is 326 g/mol. The number of carbonyl (C=O) groups excluding carboxylic acids is 2. The maximum absolute atomic E-state index is 11.9. The van der Waals surface area contributed by atoms with Crippen LogP contribution in [0.3, 0.4) is 0 Å². The number of Topliss-reactive ketones (excluding diaryl/α,β-unsaturated/α-hetero) is 2. The number of benzene rings is 1. The third kappa shape index (κ3) is 2.83. The number of phenols is 1. The number of hydrogen-bond acceptors (Lipinski definition) is 5. The maximum Gasteiger partial charge on any atom is 0.199 e. The quantitative estimate of drug-likeness (QED) is 0.693. The lowest BCUT2D eigenvalue weighted by Crippen LogP contribution is -2.08. The smallest absolute Gasteiger partial charge is 0.199 e. The molecule has 0 saturated heterocycles. The number of carbonyl (C=O) groups is 2. The summed E-state index contributed by atoms with van der Waals surface area (Å²) in [4.78, 5) is 27.4. The minimum Gasteiger partial charge on any atom is -0.507 e. The van der Waals surface area contributed by atoms with Crippen LogP contribution in [0.25, 0.3) is 0 Å². The first-order chi connectivity index (χ1) is 8.58. The summed E-state index contributed by atoms with van der Waals surface area (Å²) >= 11 is 4.37. The highest BCUT2D eigenvalue weighted by molar-refractivity contribution is 9.10. The summed E-state index contributed by atoms with van der Waals surface area (Å²) in [6.45, 7) is 0. The largest absolute Gasteiger partial charge is 0.507 e. The van der Waals surface area contributed by atoms with E-state index in [1.54, 1.807) is 11.4 Å². The van der Waals surface area contributed by atoms with Gasteiger partial charge in [-0.15, -0.1) is 11.3 Å². The van der Waals surface area contributed by atoms with Crippen molar-refractivity contribution in [2.75, 3.05) is 0 Å². The van der Waals surface area contributed by atoms with E-state index in [1.165, 1.54) is 29.7 Å². The van der Waals surface area contributed by atoms with Crippen molar-refractivity contribution in [2.45, 2.75) is 6.42 Å². The zero-order valence-corrected chi connectivity index (χ0v) is 11.5. The van der Waals surface area contributed by atoms with Crippen molar-refractivity contribution < 1.29 is 14.7 Å². The number of ketones is 2. The van der Waals surface area contributed by atoms with Crippen molar-refractivity contribution in [1.29, 1.82) is 0 Å². The van der Waals surface area contributed by atoms with Gasteiger partial charge >= 0.3 is 0 Å². The number of aromatic hydroxyl groups is 1. The van der Waals surface area contributed by atoms with Gasteiger partial charge in [-0.1, -0.05) is 15.9 Å². The van der Waals surface area contributed by atoms with Crippen molar-refractivity contribution in [3.63, 3.8) is 0 Å². The number of nitrogens with zero attached hydrogens (tertiary/aromatic N) is 1. The molecular weight excluding hydrogens is 318 g/mol. The van der Waals surface area contributed by atoms with Crippen LogP contribution >= 0.6 is 27.3 Å². The highest BCUT2D eigenvalue weighted by atomic mass is 79.9. The van der Waals surface area contributed by atoms with Gasteiger partial charge in [0, 0.05) is 16.0 Å². The molecule has 4 nitrogen and oxygen atoms in total. The lowest BCUT2D eigenvalue weighted by Gasteiger charge is -2.03. The molecule has 0 aliphatic heterocycles. The van der Waals surface area contributed by atoms with Crippen LogP contribution in [0.5, 0.6) is 5.75 Å². The minimum atomic E-state index is -0.416. The molecule has 1 heterocycles. The van der Waals surface area contributed by atoms with Crippen molar-refractivity contribution in [3.05, 3.63) is 44.8 Å². The molecule has 92 valence electrons. The molecule has 0 spiro atoms. The molecule has 2 rings (SSSR count). The molecule has 2 aromatic rings. The molecule has 0 aliphatic rings. The van der Waals surface area contributed by atoms with Crippen LogP contribution in [0.2, 0.25) is 0 Å². The third-order valence-electron chi connectivity index (χ3n) is 2.25. The van der Waals surface area contributed by atoms with Crippen molar-refractivity contribution >= 4 is 38.8 Å². The van der Waals surface area contributed by atoms with Crippen LogP contribution in [-0.2, 0) is 0 Å². The average Bonchev–Trinajstić information content (AvgIpc) is 2.81. The topological polar surface area (TPSA) is 67.3 Å². The molecule has 0 atom stereocenters. The maximum atomic E-state index is 11.9. The molecule has 0 saturated carbocycles. The summed E-state index contributed by atoms with van der Waals surface area (Å²) in [5.74, 6) is -0.890. The predicted molar refractivity (Wildman–Crippen MR) is 71.2 cm³/mol. The van der Waals surface area contributed by atoms with Gasteiger partial charge < -0.3 is 5.11 Å². The Hall–Kier alpha value is -1.53. The normalized spacial score (nSPS) is 10.3. The summed E-state index contributed by atoms with van der Waals surface area (Å²) in [6, 6.07) is 4.54. The summed E-state index contributed by atoms with van der Waals surface area (Å²) in [5, 5.41) is 11.6. The minimum absolute atomic E-state index is 0.138. The van der Waals surface area contributed by atoms with Gasteiger partial charge in [0.05, 0.1) is 12.0 Å². The van der Waals surface area contributed by atoms with Gasteiger partial charge in [-0.3, -0.25) is 9.59 Å².